The molecule has 0 spiro atoms. The Labute approximate surface area is 78.7 Å². The fourth-order valence-corrected chi connectivity index (χ4v) is 0.706. The van der Waals surface area contributed by atoms with Crippen LogP contribution in [0, 0.1) is 0 Å². The van der Waals surface area contributed by atoms with Crippen LogP contribution in [-0.2, 0) is 4.74 Å². The molecule has 1 heterocycles. The second-order valence-corrected chi connectivity index (χ2v) is 1.82. The van der Waals surface area contributed by atoms with Gasteiger partial charge in [-0.3, -0.25) is 0 Å². The van der Waals surface area contributed by atoms with E-state index in [0.717, 1.165) is 0 Å². The minimum absolute atomic E-state index is 0.647. The van der Waals surface area contributed by atoms with Gasteiger partial charge in [-0.05, 0) is 13.0 Å². The second kappa shape index (κ2) is 7.16. The summed E-state index contributed by atoms with van der Waals surface area (Å²) in [5.41, 5.74) is 0.674. The van der Waals surface area contributed by atoms with Crippen molar-refractivity contribution in [3.63, 3.8) is 0 Å². The zero-order valence-electron chi connectivity index (χ0n) is 8.28. The van der Waals surface area contributed by atoms with Gasteiger partial charge in [-0.15, -0.1) is 0 Å². The molecule has 72 valence electrons. The first-order valence-electron chi connectivity index (χ1n) is 4.23. The summed E-state index contributed by atoms with van der Waals surface area (Å²) in [6.45, 7) is 9.29. The normalized spacial score (nSPS) is 9.92. The zero-order chi connectivity index (χ0) is 10.1. The SMILES string of the molecule is C=CO/C(=C\C)c1ccon1.CC. The van der Waals surface area contributed by atoms with Crippen LogP contribution in [0.15, 0.2) is 35.8 Å². The summed E-state index contributed by atoms with van der Waals surface area (Å²) in [6.07, 6.45) is 4.63. The molecule has 3 nitrogen and oxygen atoms in total. The molecule has 0 unspecified atom stereocenters. The molecule has 0 aliphatic heterocycles. The van der Waals surface area contributed by atoms with Crippen LogP contribution in [0.1, 0.15) is 26.5 Å². The Morgan fingerprint density at radius 3 is 2.69 bits per heavy atom. The summed E-state index contributed by atoms with van der Waals surface area (Å²) in [6, 6.07) is 1.72. The van der Waals surface area contributed by atoms with Crippen LogP contribution in [0.5, 0.6) is 0 Å². The molecule has 13 heavy (non-hydrogen) atoms. The van der Waals surface area contributed by atoms with E-state index in [1.807, 2.05) is 20.8 Å². The van der Waals surface area contributed by atoms with E-state index in [1.54, 1.807) is 12.1 Å². The van der Waals surface area contributed by atoms with E-state index in [-0.39, 0.29) is 0 Å². The van der Waals surface area contributed by atoms with E-state index in [0.29, 0.717) is 11.5 Å². The van der Waals surface area contributed by atoms with Gasteiger partial charge in [0.2, 0.25) is 0 Å². The minimum atomic E-state index is 0.647. The Kier molecular flexibility index (Phi) is 6.32. The van der Waals surface area contributed by atoms with Gasteiger partial charge in [0.15, 0.2) is 5.76 Å². The summed E-state index contributed by atoms with van der Waals surface area (Å²) in [4.78, 5) is 0. The molecule has 0 atom stereocenters. The Morgan fingerprint density at radius 1 is 1.62 bits per heavy atom. The van der Waals surface area contributed by atoms with Gasteiger partial charge in [0.05, 0.1) is 6.26 Å². The van der Waals surface area contributed by atoms with Gasteiger partial charge in [-0.1, -0.05) is 25.6 Å². The molecule has 0 aliphatic carbocycles. The van der Waals surface area contributed by atoms with Crippen LogP contribution in [0.3, 0.4) is 0 Å². The van der Waals surface area contributed by atoms with E-state index in [1.165, 1.54) is 12.5 Å². The van der Waals surface area contributed by atoms with Crippen molar-refractivity contribution < 1.29 is 9.26 Å². The van der Waals surface area contributed by atoms with Crippen molar-refractivity contribution in [2.75, 3.05) is 0 Å². The lowest BCUT2D eigenvalue weighted by Crippen LogP contribution is -1.84. The molecule has 0 radical (unpaired) electrons. The molecule has 0 N–H and O–H groups in total. The number of hydrogen-bond acceptors (Lipinski definition) is 3. The number of allylic oxidation sites excluding steroid dienone is 1. The smallest absolute Gasteiger partial charge is 0.151 e. The van der Waals surface area contributed by atoms with E-state index < -0.39 is 0 Å². The van der Waals surface area contributed by atoms with E-state index >= 15 is 0 Å². The highest BCUT2D eigenvalue weighted by atomic mass is 16.5. The van der Waals surface area contributed by atoms with Gasteiger partial charge >= 0.3 is 0 Å². The fourth-order valence-electron chi connectivity index (χ4n) is 0.706. The maximum absolute atomic E-state index is 5.04. The molecular weight excluding hydrogens is 166 g/mol. The first-order valence-corrected chi connectivity index (χ1v) is 4.23. The van der Waals surface area contributed by atoms with Gasteiger partial charge in [-0.25, -0.2) is 0 Å². The second-order valence-electron chi connectivity index (χ2n) is 1.82. The summed E-state index contributed by atoms with van der Waals surface area (Å²) >= 11 is 0. The summed E-state index contributed by atoms with van der Waals surface area (Å²) in [5, 5.41) is 3.69. The van der Waals surface area contributed by atoms with Crippen molar-refractivity contribution in [1.29, 1.82) is 0 Å². The van der Waals surface area contributed by atoms with Crippen LogP contribution in [0.2, 0.25) is 0 Å². The highest BCUT2D eigenvalue weighted by Crippen LogP contribution is 2.12. The Morgan fingerprint density at radius 2 is 2.31 bits per heavy atom. The molecular formula is C10H15NO2. The Hall–Kier alpha value is -1.51. The molecule has 0 aromatic carbocycles. The highest BCUT2D eigenvalue weighted by Gasteiger charge is 2.02. The van der Waals surface area contributed by atoms with Crippen LogP contribution in [0.25, 0.3) is 5.76 Å². The first kappa shape index (κ1) is 11.5. The van der Waals surface area contributed by atoms with Crippen molar-refractivity contribution in [3.05, 3.63) is 36.9 Å². The number of hydrogen-bond donors (Lipinski definition) is 0. The molecule has 1 aromatic rings. The monoisotopic (exact) mass is 181 g/mol. The minimum Gasteiger partial charge on any atom is -0.464 e. The maximum Gasteiger partial charge on any atom is 0.151 e. The van der Waals surface area contributed by atoms with Crippen molar-refractivity contribution in [2.24, 2.45) is 0 Å². The van der Waals surface area contributed by atoms with Gasteiger partial charge in [0.25, 0.3) is 0 Å². The van der Waals surface area contributed by atoms with Crippen molar-refractivity contribution in [2.45, 2.75) is 20.8 Å². The van der Waals surface area contributed by atoms with E-state index in [2.05, 4.69) is 16.3 Å². The van der Waals surface area contributed by atoms with Crippen LogP contribution in [0.4, 0.5) is 0 Å². The van der Waals surface area contributed by atoms with Crippen LogP contribution in [-0.4, -0.2) is 5.16 Å². The Balaban J connectivity index is 0.000000671. The number of nitrogens with zero attached hydrogens (tertiary/aromatic N) is 1. The number of ether oxygens (including phenoxy) is 1. The fraction of sp³-hybridized carbons (Fsp3) is 0.300. The van der Waals surface area contributed by atoms with Crippen LogP contribution < -0.4 is 0 Å². The topological polar surface area (TPSA) is 35.3 Å². The van der Waals surface area contributed by atoms with Gasteiger partial charge < -0.3 is 9.26 Å². The van der Waals surface area contributed by atoms with Crippen molar-refractivity contribution in [1.82, 2.24) is 5.16 Å². The van der Waals surface area contributed by atoms with E-state index in [9.17, 15) is 0 Å². The zero-order valence-corrected chi connectivity index (χ0v) is 8.28. The average molecular weight is 181 g/mol. The van der Waals surface area contributed by atoms with Gasteiger partial charge in [-0.2, -0.15) is 0 Å². The lowest BCUT2D eigenvalue weighted by atomic mass is 10.3. The third kappa shape index (κ3) is 3.60. The maximum atomic E-state index is 5.04. The van der Waals surface area contributed by atoms with Crippen LogP contribution >= 0.6 is 0 Å². The van der Waals surface area contributed by atoms with Crippen molar-refractivity contribution >= 4 is 5.76 Å². The van der Waals surface area contributed by atoms with Gasteiger partial charge in [0.1, 0.15) is 12.0 Å². The molecule has 1 rings (SSSR count). The predicted molar refractivity (Wildman–Crippen MR) is 52.8 cm³/mol. The highest BCUT2D eigenvalue weighted by molar-refractivity contribution is 5.55. The first-order chi connectivity index (χ1) is 6.38. The number of rotatable bonds is 3. The van der Waals surface area contributed by atoms with Crippen molar-refractivity contribution in [3.8, 4) is 0 Å². The summed E-state index contributed by atoms with van der Waals surface area (Å²) in [7, 11) is 0. The molecule has 0 saturated carbocycles. The molecule has 3 heteroatoms. The third-order valence-electron chi connectivity index (χ3n) is 1.16. The molecule has 0 aliphatic rings. The lowest BCUT2D eigenvalue weighted by Gasteiger charge is -1.98. The largest absolute Gasteiger partial charge is 0.464 e. The molecule has 0 bridgehead atoms. The molecule has 0 saturated heterocycles. The predicted octanol–water partition coefficient (Wildman–Crippen LogP) is 3.22. The summed E-state index contributed by atoms with van der Waals surface area (Å²) in [5.74, 6) is 0.647. The lowest BCUT2D eigenvalue weighted by molar-refractivity contribution is 0.398. The third-order valence-corrected chi connectivity index (χ3v) is 1.16. The molecule has 0 amide bonds. The van der Waals surface area contributed by atoms with E-state index in [4.69, 9.17) is 4.74 Å². The van der Waals surface area contributed by atoms with Gasteiger partial charge in [0, 0.05) is 6.07 Å². The number of aromatic nitrogens is 1. The summed E-state index contributed by atoms with van der Waals surface area (Å²) < 4.78 is 9.68. The molecule has 0 fully saturated rings. The average Bonchev–Trinajstić information content (AvgIpc) is 2.70. The Bertz CT molecular complexity index is 250. The quantitative estimate of drug-likeness (QED) is 0.671. The molecule has 1 aromatic heterocycles. The standard InChI is InChI=1S/C8H9NO2.C2H6/c1-3-8(10-4-2)7-5-6-11-9-7;1-2/h3-6H,2H2,1H3;1-2H3/b8-3-;.